The highest BCUT2D eigenvalue weighted by Crippen LogP contribution is 2.68. The van der Waals surface area contributed by atoms with Crippen molar-refractivity contribution in [1.29, 1.82) is 0 Å². The third-order valence-corrected chi connectivity index (χ3v) is 21.8. The summed E-state index contributed by atoms with van der Waals surface area (Å²) in [5, 5.41) is 0. The third-order valence-electron chi connectivity index (χ3n) is 21.8. The van der Waals surface area contributed by atoms with Crippen LogP contribution in [0.25, 0.3) is 0 Å². The lowest BCUT2D eigenvalue weighted by atomic mass is 9.41. The third kappa shape index (κ3) is 11.4. The molecule has 0 radical (unpaired) electrons. The molecule has 0 amide bonds. The SMILES string of the molecule is CCCCCC1CCC([C@H]2CC[C@]3(CC2)C(=O)[C@@]2(CCC(CCCCC)CC2)[C@H]3F)CC1.CCCCCC[C@H]1CC[C@]2(CC1)C(=O)C1(CCC(C3CCC(CCCCC)CC3)CC1)[C@@H]2F. The van der Waals surface area contributed by atoms with Crippen molar-refractivity contribution in [2.24, 2.45) is 69.0 Å². The molecule has 2 atom stereocenters. The van der Waals surface area contributed by atoms with Crippen LogP contribution in [0.1, 0.15) is 291 Å². The number of rotatable bonds is 19. The molecule has 4 spiro atoms. The van der Waals surface area contributed by atoms with E-state index in [1.54, 1.807) is 0 Å². The average Bonchev–Trinajstić information content (AvgIpc) is 3.36. The smallest absolute Gasteiger partial charge is 0.151 e. The van der Waals surface area contributed by atoms with Crippen LogP contribution >= 0.6 is 0 Å². The van der Waals surface area contributed by atoms with Gasteiger partial charge >= 0.3 is 0 Å². The topological polar surface area (TPSA) is 34.1 Å². The molecule has 0 aromatic rings. The lowest BCUT2D eigenvalue weighted by molar-refractivity contribution is -0.194. The fourth-order valence-electron chi connectivity index (χ4n) is 17.3. The number of alkyl halides is 2. The number of carbonyl (C=O) groups is 2. The Hall–Kier alpha value is -0.800. The minimum Gasteiger partial charge on any atom is -0.298 e. The lowest BCUT2D eigenvalue weighted by Gasteiger charge is -2.61. The number of ketones is 2. The molecule has 2 nitrogen and oxygen atoms in total. The van der Waals surface area contributed by atoms with Gasteiger partial charge in [-0.05, 0) is 176 Å². The van der Waals surface area contributed by atoms with Crippen molar-refractivity contribution in [3.05, 3.63) is 0 Å². The molecule has 0 heterocycles. The van der Waals surface area contributed by atoms with Crippen molar-refractivity contribution < 1.29 is 18.4 Å². The van der Waals surface area contributed by atoms with Crippen molar-refractivity contribution >= 4 is 11.6 Å². The molecule has 0 aromatic carbocycles. The summed E-state index contributed by atoms with van der Waals surface area (Å²) in [5.41, 5.74) is -2.27. The van der Waals surface area contributed by atoms with Crippen LogP contribution in [0.5, 0.6) is 0 Å². The first-order valence-corrected chi connectivity index (χ1v) is 30.0. The summed E-state index contributed by atoms with van der Waals surface area (Å²) < 4.78 is 31.7. The van der Waals surface area contributed by atoms with E-state index in [0.29, 0.717) is 11.6 Å². The summed E-state index contributed by atoms with van der Waals surface area (Å²) in [6, 6.07) is 0. The molecule has 0 aromatic heterocycles. The number of hydrogen-bond acceptors (Lipinski definition) is 2. The molecule has 0 N–H and O–H groups in total. The van der Waals surface area contributed by atoms with E-state index < -0.39 is 34.0 Å². The molecule has 0 aliphatic heterocycles. The van der Waals surface area contributed by atoms with Crippen molar-refractivity contribution in [2.45, 2.75) is 303 Å². The molecular formula is C61H104F2O2. The highest BCUT2D eigenvalue weighted by Gasteiger charge is 2.73. The van der Waals surface area contributed by atoms with Crippen LogP contribution in [0.3, 0.4) is 0 Å². The molecule has 0 saturated heterocycles. The molecule has 8 rings (SSSR count). The van der Waals surface area contributed by atoms with E-state index in [2.05, 4.69) is 27.7 Å². The lowest BCUT2D eigenvalue weighted by Crippen LogP contribution is -2.69. The average molecular weight is 907 g/mol. The summed E-state index contributed by atoms with van der Waals surface area (Å²) in [4.78, 5) is 27.0. The van der Waals surface area contributed by atoms with Gasteiger partial charge in [0.15, 0.2) is 11.6 Å². The standard InChI is InChI=1S/C31H53FO.C30H51FO/c1-3-5-7-9-11-25-16-20-30(21-17-25)28(32)31(29(30)33)22-18-27(19-23-31)26-14-12-24(13-15-26)10-8-6-4-2;1-3-5-7-9-23-11-13-25(14-12-23)26-17-21-30(22-18-26)27(31)29(28(30)32)19-15-24(16-20-29)10-8-6-4-2/h24-28H,3-23H2,1-2H3;23-27H,3-22H2,1-2H3/t24?,25-,26?,27?,28-,30+,31?;23?,24?,25?,26-,27-,29-,30+/m11/s1. The first kappa shape index (κ1) is 52.0. The zero-order valence-electron chi connectivity index (χ0n) is 43.3. The Labute approximate surface area is 400 Å². The normalized spacial score (nSPS) is 41.9. The highest BCUT2D eigenvalue weighted by atomic mass is 19.1. The summed E-state index contributed by atoms with van der Waals surface area (Å²) in [7, 11) is 0. The van der Waals surface area contributed by atoms with Crippen LogP contribution in [0.4, 0.5) is 8.78 Å². The van der Waals surface area contributed by atoms with Crippen molar-refractivity contribution in [1.82, 2.24) is 0 Å². The van der Waals surface area contributed by atoms with Gasteiger partial charge in [0.05, 0.1) is 21.7 Å². The van der Waals surface area contributed by atoms with E-state index in [1.807, 2.05) is 0 Å². The van der Waals surface area contributed by atoms with Gasteiger partial charge in [0.1, 0.15) is 12.3 Å². The van der Waals surface area contributed by atoms with Gasteiger partial charge in [-0.3, -0.25) is 9.59 Å². The summed E-state index contributed by atoms with van der Waals surface area (Å²) in [6.07, 6.45) is 48.2. The Kier molecular flexibility index (Phi) is 19.5. The molecule has 8 saturated carbocycles. The van der Waals surface area contributed by atoms with Gasteiger partial charge < -0.3 is 0 Å². The Balaban J connectivity index is 0.000000194. The largest absolute Gasteiger partial charge is 0.298 e. The van der Waals surface area contributed by atoms with Crippen LogP contribution in [0, 0.1) is 69.0 Å². The maximum atomic E-state index is 15.9. The van der Waals surface area contributed by atoms with E-state index >= 15 is 8.78 Å². The maximum absolute atomic E-state index is 15.9. The molecule has 4 heteroatoms. The Morgan fingerprint density at radius 1 is 0.323 bits per heavy atom. The molecule has 8 aliphatic rings. The molecule has 0 bridgehead atoms. The van der Waals surface area contributed by atoms with Gasteiger partial charge in [-0.1, -0.05) is 163 Å². The Morgan fingerprint density at radius 3 is 0.831 bits per heavy atom. The summed E-state index contributed by atoms with van der Waals surface area (Å²) >= 11 is 0. The van der Waals surface area contributed by atoms with Gasteiger partial charge in [-0.2, -0.15) is 0 Å². The zero-order chi connectivity index (χ0) is 45.9. The zero-order valence-corrected chi connectivity index (χ0v) is 43.3. The molecule has 374 valence electrons. The van der Waals surface area contributed by atoms with E-state index in [4.69, 9.17) is 0 Å². The molecule has 8 fully saturated rings. The van der Waals surface area contributed by atoms with Crippen LogP contribution < -0.4 is 0 Å². The minimum atomic E-state index is -0.839. The molecule has 8 aliphatic carbocycles. The van der Waals surface area contributed by atoms with E-state index in [9.17, 15) is 9.59 Å². The predicted molar refractivity (Wildman–Crippen MR) is 269 cm³/mol. The fourth-order valence-corrected chi connectivity index (χ4v) is 17.3. The number of hydrogen-bond donors (Lipinski definition) is 0. The number of Topliss-reactive ketones (excluding diaryl/α,β-unsaturated/α-hetero) is 2. The number of unbranched alkanes of at least 4 members (excludes halogenated alkanes) is 9. The first-order valence-electron chi connectivity index (χ1n) is 30.0. The van der Waals surface area contributed by atoms with Gasteiger partial charge in [0.2, 0.25) is 0 Å². The molecule has 0 unspecified atom stereocenters. The van der Waals surface area contributed by atoms with Crippen molar-refractivity contribution in [3.63, 3.8) is 0 Å². The second kappa shape index (κ2) is 24.4. The van der Waals surface area contributed by atoms with E-state index in [0.717, 1.165) is 150 Å². The van der Waals surface area contributed by atoms with Gasteiger partial charge in [0, 0.05) is 0 Å². The van der Waals surface area contributed by atoms with Gasteiger partial charge in [0.25, 0.3) is 0 Å². The number of carbonyl (C=O) groups excluding carboxylic acids is 2. The van der Waals surface area contributed by atoms with Crippen molar-refractivity contribution in [3.8, 4) is 0 Å². The van der Waals surface area contributed by atoms with Crippen LogP contribution in [-0.2, 0) is 9.59 Å². The molecule has 65 heavy (non-hydrogen) atoms. The van der Waals surface area contributed by atoms with Crippen LogP contribution in [-0.4, -0.2) is 23.9 Å². The maximum Gasteiger partial charge on any atom is 0.151 e. The van der Waals surface area contributed by atoms with Gasteiger partial charge in [-0.15, -0.1) is 0 Å². The Bertz CT molecular complexity index is 1400. The second-order valence-electron chi connectivity index (χ2n) is 25.5. The summed E-state index contributed by atoms with van der Waals surface area (Å²) in [6.45, 7) is 9.11. The molecular weight excluding hydrogens is 803 g/mol. The predicted octanol–water partition coefficient (Wildman–Crippen LogP) is 18.8. The Morgan fingerprint density at radius 2 is 0.554 bits per heavy atom. The second-order valence-corrected chi connectivity index (χ2v) is 25.5. The van der Waals surface area contributed by atoms with E-state index in [1.165, 1.54) is 161 Å². The van der Waals surface area contributed by atoms with Crippen LogP contribution in [0.15, 0.2) is 0 Å². The monoisotopic (exact) mass is 907 g/mol. The van der Waals surface area contributed by atoms with Crippen LogP contribution in [0.2, 0.25) is 0 Å². The summed E-state index contributed by atoms with van der Waals surface area (Å²) in [5.74, 6) is 7.40. The van der Waals surface area contributed by atoms with E-state index in [-0.39, 0.29) is 0 Å². The van der Waals surface area contributed by atoms with Gasteiger partial charge in [-0.25, -0.2) is 8.78 Å². The first-order chi connectivity index (χ1) is 31.6. The number of halogens is 2. The minimum absolute atomic E-state index is 0.364. The fraction of sp³-hybridized carbons (Fsp3) is 0.967. The van der Waals surface area contributed by atoms with Crippen molar-refractivity contribution in [2.75, 3.05) is 0 Å². The highest BCUT2D eigenvalue weighted by molar-refractivity contribution is 5.99. The quantitative estimate of drug-likeness (QED) is 0.121.